The van der Waals surface area contributed by atoms with Crippen LogP contribution >= 0.6 is 0 Å². The minimum atomic E-state index is 0.939. The highest BCUT2D eigenvalue weighted by molar-refractivity contribution is 6.28. The van der Waals surface area contributed by atoms with Crippen LogP contribution in [0.25, 0.3) is 82.4 Å². The highest BCUT2D eigenvalue weighted by atomic mass is 15.0. The molecule has 0 fully saturated rings. The van der Waals surface area contributed by atoms with E-state index in [0.29, 0.717) is 0 Å². The van der Waals surface area contributed by atoms with Gasteiger partial charge in [0.1, 0.15) is 5.65 Å². The van der Waals surface area contributed by atoms with Gasteiger partial charge in [-0.3, -0.25) is 9.38 Å². The molecule has 5 aromatic heterocycles. The third kappa shape index (κ3) is 2.95. The van der Waals surface area contributed by atoms with E-state index in [1.807, 2.05) is 24.7 Å². The summed E-state index contributed by atoms with van der Waals surface area (Å²) in [5.74, 6) is 0. The Morgan fingerprint density at radius 2 is 1.19 bits per heavy atom. The molecule has 10 aromatic rings. The van der Waals surface area contributed by atoms with Gasteiger partial charge < -0.3 is 9.13 Å². The number of para-hydroxylation sites is 3. The molecule has 5 heteroatoms. The van der Waals surface area contributed by atoms with Crippen molar-refractivity contribution in [3.63, 3.8) is 0 Å². The summed E-state index contributed by atoms with van der Waals surface area (Å²) in [7, 11) is 0. The lowest BCUT2D eigenvalue weighted by Gasteiger charge is -2.10. The summed E-state index contributed by atoms with van der Waals surface area (Å²) in [6, 6.07) is 43.5. The molecule has 5 aromatic carbocycles. The van der Waals surface area contributed by atoms with Crippen LogP contribution in [0.2, 0.25) is 0 Å². The molecule has 0 amide bonds. The summed E-state index contributed by atoms with van der Waals surface area (Å²) in [6.07, 6.45) is 5.79. The fourth-order valence-electron chi connectivity index (χ4n) is 7.18. The van der Waals surface area contributed by atoms with E-state index in [-0.39, 0.29) is 0 Å². The molecule has 0 bridgehead atoms. The summed E-state index contributed by atoms with van der Waals surface area (Å²) in [6.45, 7) is 0. The lowest BCUT2D eigenvalue weighted by molar-refractivity contribution is 1.17. The van der Waals surface area contributed by atoms with Gasteiger partial charge in [-0.05, 0) is 60.7 Å². The molecule has 0 aliphatic carbocycles. The number of benzene rings is 5. The number of hydrogen-bond donors (Lipinski definition) is 0. The average molecular weight is 550 g/mol. The first kappa shape index (κ1) is 22.7. The molecule has 5 heterocycles. The van der Waals surface area contributed by atoms with Crippen LogP contribution in [0.15, 0.2) is 140 Å². The first-order valence-corrected chi connectivity index (χ1v) is 14.5. The van der Waals surface area contributed by atoms with Gasteiger partial charge in [0.05, 0.1) is 33.1 Å². The van der Waals surface area contributed by atoms with Crippen LogP contribution in [0.5, 0.6) is 0 Å². The second-order valence-corrected chi connectivity index (χ2v) is 11.1. The smallest absolute Gasteiger partial charge is 0.145 e. The van der Waals surface area contributed by atoms with Crippen molar-refractivity contribution in [2.24, 2.45) is 0 Å². The number of aromatic nitrogens is 5. The van der Waals surface area contributed by atoms with E-state index in [2.05, 4.69) is 129 Å². The Labute approximate surface area is 245 Å². The fraction of sp³-hybridized carbons (Fsp3) is 0. The van der Waals surface area contributed by atoms with Gasteiger partial charge in [0.25, 0.3) is 0 Å². The zero-order chi connectivity index (χ0) is 28.1. The molecular formula is C38H23N5. The largest absolute Gasteiger partial charge is 0.309 e. The van der Waals surface area contributed by atoms with Crippen molar-refractivity contribution >= 4 is 71.1 Å². The van der Waals surface area contributed by atoms with E-state index in [1.165, 1.54) is 38.1 Å². The summed E-state index contributed by atoms with van der Waals surface area (Å²) >= 11 is 0. The second kappa shape index (κ2) is 8.30. The Kier molecular flexibility index (Phi) is 4.39. The number of rotatable bonds is 2. The Bertz CT molecular complexity index is 2710. The molecule has 0 aliphatic rings. The van der Waals surface area contributed by atoms with E-state index >= 15 is 0 Å². The minimum absolute atomic E-state index is 0.939. The number of imidazole rings is 1. The maximum Gasteiger partial charge on any atom is 0.145 e. The van der Waals surface area contributed by atoms with Crippen LogP contribution in [-0.2, 0) is 0 Å². The van der Waals surface area contributed by atoms with Crippen LogP contribution in [-0.4, -0.2) is 23.5 Å². The average Bonchev–Trinajstić information content (AvgIpc) is 3.78. The number of nitrogens with zero attached hydrogens (tertiary/aromatic N) is 5. The van der Waals surface area contributed by atoms with Gasteiger partial charge in [0.15, 0.2) is 0 Å². The predicted octanol–water partition coefficient (Wildman–Crippen LogP) is 9.23. The predicted molar refractivity (Wildman–Crippen MR) is 177 cm³/mol. The monoisotopic (exact) mass is 549 g/mol. The topological polar surface area (TPSA) is 40.0 Å². The van der Waals surface area contributed by atoms with E-state index in [4.69, 9.17) is 9.97 Å². The first-order valence-electron chi connectivity index (χ1n) is 14.5. The van der Waals surface area contributed by atoms with Crippen molar-refractivity contribution in [3.05, 3.63) is 140 Å². The molecule has 0 saturated carbocycles. The number of fused-ring (bicyclic) bond motifs is 13. The van der Waals surface area contributed by atoms with Crippen LogP contribution in [0, 0.1) is 0 Å². The third-order valence-electron chi connectivity index (χ3n) is 8.91. The van der Waals surface area contributed by atoms with Crippen LogP contribution in [0.4, 0.5) is 0 Å². The molecule has 0 aliphatic heterocycles. The van der Waals surface area contributed by atoms with Crippen LogP contribution < -0.4 is 0 Å². The van der Waals surface area contributed by atoms with E-state index in [0.717, 1.165) is 44.3 Å². The van der Waals surface area contributed by atoms with Gasteiger partial charge in [-0.15, -0.1) is 0 Å². The Balaban J connectivity index is 1.51. The Morgan fingerprint density at radius 1 is 0.442 bits per heavy atom. The zero-order valence-electron chi connectivity index (χ0n) is 23.0. The molecule has 0 atom stereocenters. The molecule has 0 unspecified atom stereocenters. The molecular weight excluding hydrogens is 526 g/mol. The van der Waals surface area contributed by atoms with Gasteiger partial charge in [0.2, 0.25) is 0 Å². The highest BCUT2D eigenvalue weighted by Crippen LogP contribution is 2.43. The van der Waals surface area contributed by atoms with E-state index in [1.54, 1.807) is 0 Å². The minimum Gasteiger partial charge on any atom is -0.309 e. The van der Waals surface area contributed by atoms with Crippen molar-refractivity contribution in [2.75, 3.05) is 0 Å². The lowest BCUT2D eigenvalue weighted by atomic mass is 10.0. The first-order chi connectivity index (χ1) is 21.4. The molecule has 0 spiro atoms. The Hall–Kier alpha value is -5.94. The van der Waals surface area contributed by atoms with Crippen molar-refractivity contribution in [3.8, 4) is 11.4 Å². The molecule has 200 valence electrons. The summed E-state index contributed by atoms with van der Waals surface area (Å²) in [5.41, 5.74) is 9.96. The Morgan fingerprint density at radius 3 is 2.02 bits per heavy atom. The maximum absolute atomic E-state index is 4.87. The number of hydrogen-bond acceptors (Lipinski definition) is 2. The van der Waals surface area contributed by atoms with Gasteiger partial charge in [0, 0.05) is 62.3 Å². The van der Waals surface area contributed by atoms with E-state index in [9.17, 15) is 0 Å². The molecule has 43 heavy (non-hydrogen) atoms. The van der Waals surface area contributed by atoms with Crippen molar-refractivity contribution in [1.29, 1.82) is 0 Å². The lowest BCUT2D eigenvalue weighted by Crippen LogP contribution is -1.95. The van der Waals surface area contributed by atoms with Gasteiger partial charge in [-0.25, -0.2) is 4.98 Å². The summed E-state index contributed by atoms with van der Waals surface area (Å²) < 4.78 is 6.99. The van der Waals surface area contributed by atoms with Crippen LogP contribution in [0.3, 0.4) is 0 Å². The molecule has 0 saturated heterocycles. The quantitative estimate of drug-likeness (QED) is 0.202. The fourth-order valence-corrected chi connectivity index (χ4v) is 7.18. The SMILES string of the molecule is c1ccc(-n2c3cc4c(cc3c3c2ccc2c5ccccc5n(-c5ccccc5)c23)c2nccn2c2cccnc42)cc1. The molecule has 0 N–H and O–H groups in total. The van der Waals surface area contributed by atoms with Crippen molar-refractivity contribution < 1.29 is 0 Å². The van der Waals surface area contributed by atoms with Crippen LogP contribution in [0.1, 0.15) is 0 Å². The zero-order valence-corrected chi connectivity index (χ0v) is 23.0. The second-order valence-electron chi connectivity index (χ2n) is 11.1. The molecule has 5 nitrogen and oxygen atoms in total. The van der Waals surface area contributed by atoms with Crippen molar-refractivity contribution in [2.45, 2.75) is 0 Å². The van der Waals surface area contributed by atoms with Gasteiger partial charge in [-0.2, -0.15) is 0 Å². The third-order valence-corrected chi connectivity index (χ3v) is 8.91. The highest BCUT2D eigenvalue weighted by Gasteiger charge is 2.22. The molecule has 10 rings (SSSR count). The normalized spacial score (nSPS) is 12.2. The number of pyridine rings is 2. The van der Waals surface area contributed by atoms with E-state index < -0.39 is 0 Å². The van der Waals surface area contributed by atoms with Gasteiger partial charge >= 0.3 is 0 Å². The molecule has 0 radical (unpaired) electrons. The maximum atomic E-state index is 4.87. The summed E-state index contributed by atoms with van der Waals surface area (Å²) in [5, 5.41) is 7.10. The van der Waals surface area contributed by atoms with Crippen molar-refractivity contribution in [1.82, 2.24) is 23.5 Å². The summed E-state index contributed by atoms with van der Waals surface area (Å²) in [4.78, 5) is 9.71. The standard InChI is InChI=1S/C38H23N5/c1-3-10-24(11-4-1)42-32-18-17-27-26-14-7-8-15-31(26)43(25-12-5-2-6-13-25)37(27)35(32)30-22-29-28(23-34(30)42)36-33(16-9-19-39-36)41-21-20-40-38(29)41/h1-23H. The van der Waals surface area contributed by atoms with Gasteiger partial charge in [-0.1, -0.05) is 60.7 Å².